The molecule has 226 valence electrons. The Balaban J connectivity index is 3.15. The van der Waals surface area contributed by atoms with Crippen LogP contribution in [-0.4, -0.2) is 83.9 Å². The van der Waals surface area contributed by atoms with Crippen LogP contribution in [0, 0.1) is 11.8 Å². The number of benzene rings is 1. The predicted octanol–water partition coefficient (Wildman–Crippen LogP) is -0.374. The third-order valence-corrected chi connectivity index (χ3v) is 9.96. The van der Waals surface area contributed by atoms with Crippen molar-refractivity contribution in [1.82, 2.24) is 5.32 Å². The summed E-state index contributed by atoms with van der Waals surface area (Å²) in [6.07, 6.45) is -0.860. The van der Waals surface area contributed by atoms with Crippen molar-refractivity contribution in [1.29, 1.82) is 0 Å². The number of carbonyl (C=O) groups excluding carboxylic acids is 3. The zero-order valence-corrected chi connectivity index (χ0v) is 25.2. The molecule has 16 heteroatoms. The maximum absolute atomic E-state index is 13.2. The lowest BCUT2D eigenvalue weighted by Gasteiger charge is -2.22. The second kappa shape index (κ2) is 15.8. The second-order valence-corrected chi connectivity index (χ2v) is 14.8. The molecule has 0 aliphatic carbocycles. The van der Waals surface area contributed by atoms with E-state index in [-0.39, 0.29) is 18.8 Å². The highest BCUT2D eigenvalue weighted by molar-refractivity contribution is 8.15. The van der Waals surface area contributed by atoms with Gasteiger partial charge in [-0.05, 0) is 18.4 Å². The van der Waals surface area contributed by atoms with Crippen LogP contribution in [-0.2, 0) is 60.2 Å². The molecule has 1 aromatic carbocycles. The molecule has 0 spiro atoms. The van der Waals surface area contributed by atoms with Crippen molar-refractivity contribution in [3.63, 3.8) is 0 Å². The van der Waals surface area contributed by atoms with Crippen molar-refractivity contribution < 1.29 is 49.1 Å². The summed E-state index contributed by atoms with van der Waals surface area (Å²) in [6, 6.07) is 6.63. The average molecular weight is 625 g/mol. The van der Waals surface area contributed by atoms with Gasteiger partial charge in [-0.3, -0.25) is 14.4 Å². The van der Waals surface area contributed by atoms with Gasteiger partial charge < -0.3 is 20.5 Å². The van der Waals surface area contributed by atoms with E-state index in [4.69, 9.17) is 15.2 Å². The lowest BCUT2D eigenvalue weighted by atomic mass is 10.0. The van der Waals surface area contributed by atoms with Crippen LogP contribution in [0.1, 0.15) is 39.2 Å². The number of amides is 1. The number of nitrogens with one attached hydrogen (secondary N) is 1. The molecule has 1 amide bonds. The number of ether oxygens (including phenoxy) is 2. The molecule has 1 rings (SSSR count). The highest BCUT2D eigenvalue weighted by Gasteiger charge is 2.34. The van der Waals surface area contributed by atoms with Crippen LogP contribution in [0.15, 0.2) is 30.3 Å². The molecule has 0 aliphatic rings. The molecule has 0 radical (unpaired) electrons. The minimum atomic E-state index is -4.69. The summed E-state index contributed by atoms with van der Waals surface area (Å²) in [5.41, 5.74) is 6.31. The summed E-state index contributed by atoms with van der Waals surface area (Å²) in [4.78, 5) is 37.0. The van der Waals surface area contributed by atoms with E-state index in [9.17, 15) is 39.6 Å². The minimum Gasteiger partial charge on any atom is -0.425 e. The van der Waals surface area contributed by atoms with Gasteiger partial charge in [0.15, 0.2) is 14.0 Å². The first-order valence-electron chi connectivity index (χ1n) is 12.3. The van der Waals surface area contributed by atoms with Crippen molar-refractivity contribution in [2.75, 3.05) is 24.3 Å². The fourth-order valence-corrected chi connectivity index (χ4v) is 7.00. The topological polar surface area (TPSA) is 210 Å². The van der Waals surface area contributed by atoms with E-state index in [1.807, 2.05) is 0 Å². The molecular weight excluding hydrogens is 588 g/mol. The molecule has 0 bridgehead atoms. The Morgan fingerprint density at radius 2 is 1.57 bits per heavy atom. The van der Waals surface area contributed by atoms with Crippen LogP contribution < -0.4 is 11.1 Å². The molecule has 40 heavy (non-hydrogen) atoms. The number of nitrogens with two attached hydrogens (primary N) is 1. The lowest BCUT2D eigenvalue weighted by molar-refractivity contribution is -0.195. The monoisotopic (exact) mass is 624 g/mol. The van der Waals surface area contributed by atoms with Crippen LogP contribution >= 0.6 is 0 Å². The van der Waals surface area contributed by atoms with Gasteiger partial charge in [0.2, 0.25) is 22.5 Å². The van der Waals surface area contributed by atoms with E-state index in [0.717, 1.165) is 6.26 Å². The summed E-state index contributed by atoms with van der Waals surface area (Å²) < 4.78 is 82.0. The SMILES string of the molecule is CCC(=O)OC(OC(=O)CNC(=O)C(Cc1ccccc1)CS(=O)(=O)C(C(N)CCS(C)(=O)=O)=S(=O)=O)C(C)C. The van der Waals surface area contributed by atoms with Crippen LogP contribution in [0.25, 0.3) is 0 Å². The van der Waals surface area contributed by atoms with E-state index >= 15 is 0 Å². The van der Waals surface area contributed by atoms with Crippen molar-refractivity contribution in [3.05, 3.63) is 35.9 Å². The van der Waals surface area contributed by atoms with Gasteiger partial charge in [0.1, 0.15) is 16.4 Å². The van der Waals surface area contributed by atoms with Gasteiger partial charge in [0, 0.05) is 18.6 Å². The Labute approximate surface area is 236 Å². The van der Waals surface area contributed by atoms with E-state index in [2.05, 4.69) is 5.32 Å². The fraction of sp³-hybridized carbons (Fsp3) is 0.583. The number of sulfone groups is 2. The number of hydrogen-bond acceptors (Lipinski definition) is 12. The van der Waals surface area contributed by atoms with Crippen LogP contribution in [0.2, 0.25) is 0 Å². The Morgan fingerprint density at radius 1 is 1.00 bits per heavy atom. The molecule has 3 unspecified atom stereocenters. The summed E-state index contributed by atoms with van der Waals surface area (Å²) in [5, 5.41) is 2.29. The van der Waals surface area contributed by atoms with Crippen molar-refractivity contribution in [3.8, 4) is 0 Å². The zero-order chi connectivity index (χ0) is 30.7. The summed E-state index contributed by atoms with van der Waals surface area (Å²) in [7, 11) is -11.6. The van der Waals surface area contributed by atoms with Gasteiger partial charge in [-0.2, -0.15) is 8.42 Å². The molecule has 0 saturated carbocycles. The van der Waals surface area contributed by atoms with Gasteiger partial charge >= 0.3 is 11.9 Å². The van der Waals surface area contributed by atoms with E-state index in [1.54, 1.807) is 51.1 Å². The first-order chi connectivity index (χ1) is 18.5. The average Bonchev–Trinajstić information content (AvgIpc) is 2.84. The van der Waals surface area contributed by atoms with Crippen molar-refractivity contribution >= 4 is 52.0 Å². The van der Waals surface area contributed by atoms with Gasteiger partial charge in [0.25, 0.3) is 0 Å². The summed E-state index contributed by atoms with van der Waals surface area (Å²) in [6.45, 7) is 4.17. The van der Waals surface area contributed by atoms with E-state index in [0.29, 0.717) is 5.56 Å². The van der Waals surface area contributed by atoms with Crippen LogP contribution in [0.5, 0.6) is 0 Å². The molecule has 3 atom stereocenters. The van der Waals surface area contributed by atoms with Gasteiger partial charge in [-0.15, -0.1) is 0 Å². The Morgan fingerprint density at radius 3 is 2.08 bits per heavy atom. The highest BCUT2D eigenvalue weighted by Crippen LogP contribution is 2.15. The Bertz CT molecular complexity index is 1380. The summed E-state index contributed by atoms with van der Waals surface area (Å²) in [5.74, 6) is -5.72. The predicted molar refractivity (Wildman–Crippen MR) is 148 cm³/mol. The van der Waals surface area contributed by atoms with Crippen LogP contribution in [0.3, 0.4) is 0 Å². The molecular formula is C24H36N2O11S3. The smallest absolute Gasteiger partial charge is 0.328 e. The maximum Gasteiger partial charge on any atom is 0.328 e. The number of carbonyl (C=O) groups is 3. The quantitative estimate of drug-likeness (QED) is 0.145. The number of hydrogen-bond donors (Lipinski definition) is 2. The number of esters is 2. The third kappa shape index (κ3) is 12.6. The van der Waals surface area contributed by atoms with E-state index < -0.39 is 94.7 Å². The molecule has 0 aromatic heterocycles. The minimum absolute atomic E-state index is 0.0538. The first kappa shape index (κ1) is 35.2. The van der Waals surface area contributed by atoms with Crippen LogP contribution in [0.4, 0.5) is 0 Å². The van der Waals surface area contributed by atoms with Gasteiger partial charge in [-0.1, -0.05) is 51.1 Å². The Kier molecular flexibility index (Phi) is 13.9. The summed E-state index contributed by atoms with van der Waals surface area (Å²) >= 11 is 0. The van der Waals surface area contributed by atoms with Gasteiger partial charge in [0.05, 0.1) is 23.5 Å². The first-order valence-corrected chi connectivity index (χ1v) is 17.1. The molecule has 0 fully saturated rings. The molecule has 3 N–H and O–H groups in total. The largest absolute Gasteiger partial charge is 0.425 e. The normalized spacial score (nSPS) is 14.1. The molecule has 0 saturated heterocycles. The zero-order valence-electron chi connectivity index (χ0n) is 22.7. The molecule has 1 aromatic rings. The van der Waals surface area contributed by atoms with Crippen molar-refractivity contribution in [2.45, 2.75) is 52.4 Å². The molecule has 13 nitrogen and oxygen atoms in total. The maximum atomic E-state index is 13.2. The Hall–Kier alpha value is -2.82. The van der Waals surface area contributed by atoms with Gasteiger partial charge in [-0.25, -0.2) is 16.8 Å². The molecule has 0 aliphatic heterocycles. The number of rotatable bonds is 15. The van der Waals surface area contributed by atoms with Crippen molar-refractivity contribution in [2.24, 2.45) is 17.6 Å². The van der Waals surface area contributed by atoms with E-state index in [1.165, 1.54) is 0 Å². The lowest BCUT2D eigenvalue weighted by Crippen LogP contribution is -2.44. The second-order valence-electron chi connectivity index (χ2n) is 9.41. The third-order valence-electron chi connectivity index (χ3n) is 5.42. The molecule has 0 heterocycles. The highest BCUT2D eigenvalue weighted by atomic mass is 32.2. The fourth-order valence-electron chi connectivity index (χ4n) is 3.37. The standard InChI is InChI=1S/C24H36N2O11S3/c1-5-20(27)36-23(16(2)3)37-21(28)14-26-22(29)18(13-17-9-7-6-8-10-17)15-40(34,35)24(38(30)31)19(25)11-12-39(4,32)33/h6-10,16,18-19,23H,5,11-15,25H2,1-4H3,(H,26,29).